The van der Waals surface area contributed by atoms with Crippen molar-refractivity contribution in [1.82, 2.24) is 0 Å². The zero-order valence-corrected chi connectivity index (χ0v) is 44.5. The van der Waals surface area contributed by atoms with Gasteiger partial charge in [-0.2, -0.15) is 0 Å². The number of allylic oxidation sites excluding steroid dienone is 1. The SMILES string of the molecule is CCCCCCC1=Cc2sc3c(c2CC1C)B1c2cc(CCCCC)ccc2N(c2ccc(C(CC)CCC)cc2)c2cc(N(c4ccccc4)c4ccccc4)cc(c21)N3c1ccc(CCCC)cc1. The molecule has 0 saturated carbocycles. The molecule has 10 rings (SSSR count). The fourth-order valence-electron chi connectivity index (χ4n) is 12.1. The second-order valence-corrected chi connectivity index (χ2v) is 21.9. The van der Waals surface area contributed by atoms with Crippen LogP contribution in [-0.2, 0) is 19.3 Å². The second-order valence-electron chi connectivity index (χ2n) is 20.9. The van der Waals surface area contributed by atoms with Gasteiger partial charge >= 0.3 is 0 Å². The number of aryl methyl sites for hydroxylation is 2. The summed E-state index contributed by atoms with van der Waals surface area (Å²) >= 11 is 2.05. The Labute approximate surface area is 431 Å². The number of benzene rings is 6. The summed E-state index contributed by atoms with van der Waals surface area (Å²) in [5.41, 5.74) is 21.7. The molecule has 2 aliphatic heterocycles. The van der Waals surface area contributed by atoms with Gasteiger partial charge in [0.2, 0.25) is 0 Å². The molecule has 2 atom stereocenters. The molecule has 0 spiro atoms. The van der Waals surface area contributed by atoms with Crippen molar-refractivity contribution in [3.05, 3.63) is 172 Å². The number of rotatable bonds is 21. The Morgan fingerprint density at radius 1 is 0.563 bits per heavy atom. The van der Waals surface area contributed by atoms with E-state index in [9.17, 15) is 0 Å². The molecule has 2 unspecified atom stereocenters. The Bertz CT molecular complexity index is 2880. The van der Waals surface area contributed by atoms with Crippen LogP contribution in [0.1, 0.15) is 158 Å². The van der Waals surface area contributed by atoms with E-state index in [0.29, 0.717) is 11.8 Å². The van der Waals surface area contributed by atoms with Crippen molar-refractivity contribution < 1.29 is 0 Å². The summed E-state index contributed by atoms with van der Waals surface area (Å²) in [6.45, 7) is 14.2. The molecule has 7 aromatic rings. The maximum atomic E-state index is 2.70. The largest absolute Gasteiger partial charge is 0.311 e. The molecule has 3 heterocycles. The molecule has 0 fully saturated rings. The highest BCUT2D eigenvalue weighted by Gasteiger charge is 2.47. The highest BCUT2D eigenvalue weighted by atomic mass is 32.1. The van der Waals surface area contributed by atoms with Crippen LogP contribution < -0.4 is 31.1 Å². The van der Waals surface area contributed by atoms with Crippen LogP contribution in [0, 0.1) is 5.92 Å². The van der Waals surface area contributed by atoms with Gasteiger partial charge in [-0.15, -0.1) is 11.3 Å². The van der Waals surface area contributed by atoms with Crippen molar-refractivity contribution in [2.75, 3.05) is 14.7 Å². The Balaban J connectivity index is 1.27. The molecule has 0 amide bonds. The summed E-state index contributed by atoms with van der Waals surface area (Å²) < 4.78 is 0. The minimum absolute atomic E-state index is 0.0865. The highest BCUT2D eigenvalue weighted by Crippen LogP contribution is 2.51. The van der Waals surface area contributed by atoms with Crippen molar-refractivity contribution in [1.29, 1.82) is 0 Å². The Kier molecular flexibility index (Phi) is 15.4. The standard InChI is InChI=1S/C66H76BN3S/c1-7-12-15-19-27-52-44-63-58(42-47(52)6)64-66(71-63)70(56-37-32-48(33-38-56)25-14-9-3)62-46-57(68(53-28-20-16-21-29-53)54-30-22-17-23-31-54)45-61-65(62)67(64)59-43-49(26-18-13-8-2)34-41-60(59)69(61)55-39-35-51(36-40-55)50(11-5)24-10-4/h16-17,20-23,28-41,43-47,50H,7-15,18-19,24-27,42H2,1-6H3. The smallest absolute Gasteiger partial charge is 0.253 e. The average molecular weight is 954 g/mol. The van der Waals surface area contributed by atoms with Gasteiger partial charge in [0.15, 0.2) is 0 Å². The number of nitrogens with zero attached hydrogens (tertiary/aromatic N) is 3. The van der Waals surface area contributed by atoms with E-state index in [1.807, 2.05) is 0 Å². The van der Waals surface area contributed by atoms with Gasteiger partial charge in [-0.1, -0.05) is 165 Å². The fraction of sp³-hybridized carbons (Fsp3) is 0.364. The summed E-state index contributed by atoms with van der Waals surface area (Å²) in [4.78, 5) is 9.30. The third-order valence-electron chi connectivity index (χ3n) is 16.0. The van der Waals surface area contributed by atoms with Crippen molar-refractivity contribution in [3.8, 4) is 0 Å². The molecule has 71 heavy (non-hydrogen) atoms. The van der Waals surface area contributed by atoms with E-state index in [-0.39, 0.29) is 6.71 Å². The minimum atomic E-state index is 0.0865. The summed E-state index contributed by atoms with van der Waals surface area (Å²) in [5.74, 6) is 1.08. The topological polar surface area (TPSA) is 9.72 Å². The lowest BCUT2D eigenvalue weighted by Crippen LogP contribution is -2.62. The van der Waals surface area contributed by atoms with Gasteiger partial charge in [0.1, 0.15) is 0 Å². The van der Waals surface area contributed by atoms with Crippen LogP contribution >= 0.6 is 11.3 Å². The first-order valence-electron chi connectivity index (χ1n) is 27.8. The van der Waals surface area contributed by atoms with Crippen LogP contribution in [0.5, 0.6) is 0 Å². The number of unbranched alkanes of at least 4 members (excludes halogenated alkanes) is 6. The normalized spacial score (nSPS) is 14.9. The molecule has 0 saturated heterocycles. The third kappa shape index (κ3) is 9.81. The number of anilines is 9. The van der Waals surface area contributed by atoms with E-state index in [4.69, 9.17) is 0 Å². The Morgan fingerprint density at radius 2 is 1.17 bits per heavy atom. The van der Waals surface area contributed by atoms with Crippen LogP contribution in [0.3, 0.4) is 0 Å². The maximum absolute atomic E-state index is 2.70. The van der Waals surface area contributed by atoms with Crippen LogP contribution in [0.2, 0.25) is 0 Å². The Hall–Kier alpha value is -5.78. The summed E-state index contributed by atoms with van der Waals surface area (Å²) in [6, 6.07) is 54.1. The van der Waals surface area contributed by atoms with Crippen molar-refractivity contribution >= 4 is 91.0 Å². The number of thiophene rings is 1. The van der Waals surface area contributed by atoms with E-state index < -0.39 is 0 Å². The molecule has 0 bridgehead atoms. The van der Waals surface area contributed by atoms with Crippen molar-refractivity contribution in [2.24, 2.45) is 5.92 Å². The van der Waals surface area contributed by atoms with Gasteiger partial charge in [0.05, 0.1) is 10.7 Å². The molecular weight excluding hydrogens is 878 g/mol. The summed E-state index contributed by atoms with van der Waals surface area (Å²) in [5, 5.41) is 1.39. The molecule has 1 aromatic heterocycles. The van der Waals surface area contributed by atoms with Crippen LogP contribution in [-0.4, -0.2) is 6.71 Å². The lowest BCUT2D eigenvalue weighted by atomic mass is 9.33. The number of fused-ring (bicyclic) bond motifs is 6. The molecule has 0 radical (unpaired) electrons. The van der Waals surface area contributed by atoms with Gasteiger partial charge < -0.3 is 14.7 Å². The lowest BCUT2D eigenvalue weighted by molar-refractivity contribution is 0.596. The first kappa shape index (κ1) is 48.8. The van der Waals surface area contributed by atoms with Gasteiger partial charge in [0, 0.05) is 44.7 Å². The second kappa shape index (κ2) is 22.3. The number of para-hydroxylation sites is 2. The van der Waals surface area contributed by atoms with E-state index in [0.717, 1.165) is 42.7 Å². The van der Waals surface area contributed by atoms with E-state index in [1.165, 1.54) is 148 Å². The van der Waals surface area contributed by atoms with Crippen LogP contribution in [0.4, 0.5) is 50.5 Å². The zero-order valence-electron chi connectivity index (χ0n) is 43.7. The van der Waals surface area contributed by atoms with E-state index in [2.05, 4.69) is 213 Å². The molecular formula is C66H76BN3S. The van der Waals surface area contributed by atoms with Crippen molar-refractivity contribution in [2.45, 2.75) is 150 Å². The Morgan fingerprint density at radius 3 is 1.83 bits per heavy atom. The number of hydrogen-bond donors (Lipinski definition) is 0. The van der Waals surface area contributed by atoms with Crippen LogP contribution in [0.25, 0.3) is 6.08 Å². The quantitative estimate of drug-likeness (QED) is 0.0525. The fourth-order valence-corrected chi connectivity index (χ4v) is 13.5. The predicted octanol–water partition coefficient (Wildman–Crippen LogP) is 18.2. The van der Waals surface area contributed by atoms with Gasteiger partial charge in [0.25, 0.3) is 6.71 Å². The molecule has 364 valence electrons. The molecule has 3 aliphatic rings. The number of hydrogen-bond acceptors (Lipinski definition) is 4. The minimum Gasteiger partial charge on any atom is -0.311 e. The van der Waals surface area contributed by atoms with Crippen LogP contribution in [0.15, 0.2) is 145 Å². The molecule has 0 N–H and O–H groups in total. The maximum Gasteiger partial charge on any atom is 0.253 e. The molecule has 5 heteroatoms. The highest BCUT2D eigenvalue weighted by molar-refractivity contribution is 7.21. The van der Waals surface area contributed by atoms with E-state index >= 15 is 0 Å². The average Bonchev–Trinajstić information content (AvgIpc) is 3.77. The molecule has 6 aromatic carbocycles. The first-order chi connectivity index (χ1) is 34.9. The molecule has 3 nitrogen and oxygen atoms in total. The molecule has 1 aliphatic carbocycles. The third-order valence-corrected chi connectivity index (χ3v) is 17.2. The summed E-state index contributed by atoms with van der Waals surface area (Å²) in [6.07, 6.45) is 22.0. The first-order valence-corrected chi connectivity index (χ1v) is 28.6. The zero-order chi connectivity index (χ0) is 48.8. The van der Waals surface area contributed by atoms with E-state index in [1.54, 1.807) is 11.1 Å². The van der Waals surface area contributed by atoms with Gasteiger partial charge in [-0.3, -0.25) is 0 Å². The van der Waals surface area contributed by atoms with Crippen molar-refractivity contribution in [3.63, 3.8) is 0 Å². The monoisotopic (exact) mass is 954 g/mol. The van der Waals surface area contributed by atoms with Gasteiger partial charge in [-0.05, 0) is 181 Å². The predicted molar refractivity (Wildman–Crippen MR) is 312 cm³/mol. The lowest BCUT2D eigenvalue weighted by Gasteiger charge is -2.44. The summed E-state index contributed by atoms with van der Waals surface area (Å²) in [7, 11) is 0. The van der Waals surface area contributed by atoms with Gasteiger partial charge in [-0.25, -0.2) is 0 Å².